The number of nitrogens with one attached hydrogen (secondary N) is 1. The third kappa shape index (κ3) is 5.28. The molecule has 1 aromatic rings. The molecule has 0 saturated carbocycles. The van der Waals surface area contributed by atoms with Gasteiger partial charge in [0.05, 0.1) is 0 Å². The first-order chi connectivity index (χ1) is 7.22. The second-order valence-electron chi connectivity index (χ2n) is 3.86. The summed E-state index contributed by atoms with van der Waals surface area (Å²) >= 11 is 3.43. The van der Waals surface area contributed by atoms with E-state index in [4.69, 9.17) is 0 Å². The van der Waals surface area contributed by atoms with E-state index in [1.54, 1.807) is 0 Å². The molecule has 2 nitrogen and oxygen atoms in total. The van der Waals surface area contributed by atoms with Crippen LogP contribution in [0.3, 0.4) is 0 Å². The highest BCUT2D eigenvalue weighted by Gasteiger charge is 2.00. The van der Waals surface area contributed by atoms with Crippen molar-refractivity contribution in [3.8, 4) is 0 Å². The number of hydrogen-bond acceptors (Lipinski definition) is 2. The van der Waals surface area contributed by atoms with E-state index in [0.29, 0.717) is 6.04 Å². The van der Waals surface area contributed by atoms with Crippen molar-refractivity contribution in [2.45, 2.75) is 39.2 Å². The van der Waals surface area contributed by atoms with Gasteiger partial charge in [0.15, 0.2) is 0 Å². The highest BCUT2D eigenvalue weighted by atomic mass is 79.9. The Morgan fingerprint density at radius 2 is 2.27 bits per heavy atom. The lowest BCUT2D eigenvalue weighted by Crippen LogP contribution is -2.25. The van der Waals surface area contributed by atoms with E-state index in [1.807, 2.05) is 12.4 Å². The Balaban J connectivity index is 2.25. The quantitative estimate of drug-likeness (QED) is 0.859. The maximum absolute atomic E-state index is 4.16. The summed E-state index contributed by atoms with van der Waals surface area (Å²) in [7, 11) is 0. The Bertz CT molecular complexity index is 289. The number of nitrogens with zero attached hydrogens (tertiary/aromatic N) is 1. The van der Waals surface area contributed by atoms with Crippen LogP contribution in [-0.4, -0.2) is 17.6 Å². The molecule has 0 aromatic carbocycles. The highest BCUT2D eigenvalue weighted by Crippen LogP contribution is 2.12. The predicted molar refractivity (Wildman–Crippen MR) is 68.0 cm³/mol. The lowest BCUT2D eigenvalue weighted by atomic mass is 10.1. The summed E-state index contributed by atoms with van der Waals surface area (Å²) in [6, 6.07) is 2.76. The molecule has 0 radical (unpaired) electrons. The first-order valence-corrected chi connectivity index (χ1v) is 6.34. The van der Waals surface area contributed by atoms with Gasteiger partial charge in [0.25, 0.3) is 0 Å². The van der Waals surface area contributed by atoms with Crippen LogP contribution in [0.15, 0.2) is 22.9 Å². The van der Waals surface area contributed by atoms with Crippen LogP contribution in [0.5, 0.6) is 0 Å². The van der Waals surface area contributed by atoms with Gasteiger partial charge in [-0.1, -0.05) is 6.92 Å². The Hall–Kier alpha value is -0.410. The predicted octanol–water partition coefficient (Wildman–Crippen LogP) is 3.16. The standard InChI is InChI=1S/C12H19BrN2/c1-3-15-10(2)5-4-6-11-7-12(13)9-14-8-11/h7-10,15H,3-6H2,1-2H3. The number of halogens is 1. The first-order valence-electron chi connectivity index (χ1n) is 5.55. The molecule has 0 saturated heterocycles. The number of pyridine rings is 1. The topological polar surface area (TPSA) is 24.9 Å². The molecule has 3 heteroatoms. The molecule has 15 heavy (non-hydrogen) atoms. The summed E-state index contributed by atoms with van der Waals surface area (Å²) in [6.45, 7) is 5.44. The zero-order valence-corrected chi connectivity index (χ0v) is 11.0. The van der Waals surface area contributed by atoms with Crippen LogP contribution in [0.25, 0.3) is 0 Å². The van der Waals surface area contributed by atoms with Crippen molar-refractivity contribution in [1.29, 1.82) is 0 Å². The average Bonchev–Trinajstić information content (AvgIpc) is 2.18. The Morgan fingerprint density at radius 3 is 2.93 bits per heavy atom. The molecule has 0 fully saturated rings. The van der Waals surface area contributed by atoms with E-state index in [1.165, 1.54) is 18.4 Å². The number of hydrogen-bond donors (Lipinski definition) is 1. The molecule has 1 aromatic heterocycles. The van der Waals surface area contributed by atoms with Crippen molar-refractivity contribution < 1.29 is 0 Å². The summed E-state index contributed by atoms with van der Waals surface area (Å²) in [5, 5.41) is 3.42. The average molecular weight is 271 g/mol. The van der Waals surface area contributed by atoms with Crippen LogP contribution in [0.1, 0.15) is 32.3 Å². The third-order valence-electron chi connectivity index (χ3n) is 2.42. The normalized spacial score (nSPS) is 12.7. The van der Waals surface area contributed by atoms with Crippen molar-refractivity contribution in [2.24, 2.45) is 0 Å². The van der Waals surface area contributed by atoms with Gasteiger partial charge in [-0.2, -0.15) is 0 Å². The highest BCUT2D eigenvalue weighted by molar-refractivity contribution is 9.10. The second-order valence-corrected chi connectivity index (χ2v) is 4.78. The van der Waals surface area contributed by atoms with Gasteiger partial charge in [-0.3, -0.25) is 4.98 Å². The molecular formula is C12H19BrN2. The van der Waals surface area contributed by atoms with E-state index in [2.05, 4.69) is 46.1 Å². The molecule has 0 bridgehead atoms. The van der Waals surface area contributed by atoms with Gasteiger partial charge < -0.3 is 5.32 Å². The minimum absolute atomic E-state index is 0.620. The molecule has 1 rings (SSSR count). The van der Waals surface area contributed by atoms with Crippen molar-refractivity contribution in [3.63, 3.8) is 0 Å². The molecular weight excluding hydrogens is 252 g/mol. The summed E-state index contributed by atoms with van der Waals surface area (Å²) in [5.74, 6) is 0. The zero-order chi connectivity index (χ0) is 11.1. The molecule has 1 heterocycles. The van der Waals surface area contributed by atoms with Crippen LogP contribution in [0.2, 0.25) is 0 Å². The van der Waals surface area contributed by atoms with Crippen LogP contribution >= 0.6 is 15.9 Å². The van der Waals surface area contributed by atoms with E-state index in [9.17, 15) is 0 Å². The second kappa shape index (κ2) is 6.96. The maximum Gasteiger partial charge on any atom is 0.0410 e. The van der Waals surface area contributed by atoms with Gasteiger partial charge >= 0.3 is 0 Å². The third-order valence-corrected chi connectivity index (χ3v) is 2.85. The van der Waals surface area contributed by atoms with Gasteiger partial charge in [-0.15, -0.1) is 0 Å². The van der Waals surface area contributed by atoms with Crippen molar-refractivity contribution in [2.75, 3.05) is 6.54 Å². The summed E-state index contributed by atoms with van der Waals surface area (Å²) in [4.78, 5) is 4.16. The first kappa shape index (κ1) is 12.7. The van der Waals surface area contributed by atoms with Crippen molar-refractivity contribution >= 4 is 15.9 Å². The summed E-state index contributed by atoms with van der Waals surface area (Å²) < 4.78 is 1.07. The number of aryl methyl sites for hydroxylation is 1. The van der Waals surface area contributed by atoms with Gasteiger partial charge in [0, 0.05) is 22.9 Å². The molecule has 84 valence electrons. The van der Waals surface area contributed by atoms with E-state index in [-0.39, 0.29) is 0 Å². The van der Waals surface area contributed by atoms with Crippen molar-refractivity contribution in [3.05, 3.63) is 28.5 Å². The smallest absolute Gasteiger partial charge is 0.0410 e. The Morgan fingerprint density at radius 1 is 1.47 bits per heavy atom. The SMILES string of the molecule is CCNC(C)CCCc1cncc(Br)c1. The molecule has 1 unspecified atom stereocenters. The molecule has 1 atom stereocenters. The van der Waals surface area contributed by atoms with Crippen LogP contribution in [-0.2, 0) is 6.42 Å². The molecule has 0 spiro atoms. The van der Waals surface area contributed by atoms with Gasteiger partial charge in [0.1, 0.15) is 0 Å². The van der Waals surface area contributed by atoms with E-state index in [0.717, 1.165) is 17.4 Å². The fourth-order valence-electron chi connectivity index (χ4n) is 1.66. The van der Waals surface area contributed by atoms with Gasteiger partial charge in [-0.05, 0) is 60.3 Å². The minimum Gasteiger partial charge on any atom is -0.315 e. The van der Waals surface area contributed by atoms with Crippen LogP contribution in [0.4, 0.5) is 0 Å². The molecule has 1 N–H and O–H groups in total. The van der Waals surface area contributed by atoms with Gasteiger partial charge in [-0.25, -0.2) is 0 Å². The molecule has 0 amide bonds. The van der Waals surface area contributed by atoms with Gasteiger partial charge in [0.2, 0.25) is 0 Å². The number of rotatable bonds is 6. The maximum atomic E-state index is 4.16. The fraction of sp³-hybridized carbons (Fsp3) is 0.583. The van der Waals surface area contributed by atoms with E-state index < -0.39 is 0 Å². The van der Waals surface area contributed by atoms with Crippen molar-refractivity contribution in [1.82, 2.24) is 10.3 Å². The summed E-state index contributed by atoms with van der Waals surface area (Å²) in [6.07, 6.45) is 7.32. The van der Waals surface area contributed by atoms with Crippen LogP contribution in [0, 0.1) is 0 Å². The molecule has 0 aliphatic heterocycles. The summed E-state index contributed by atoms with van der Waals surface area (Å²) in [5.41, 5.74) is 1.31. The zero-order valence-electron chi connectivity index (χ0n) is 9.46. The number of aromatic nitrogens is 1. The molecule has 0 aliphatic rings. The monoisotopic (exact) mass is 270 g/mol. The lowest BCUT2D eigenvalue weighted by molar-refractivity contribution is 0.512. The lowest BCUT2D eigenvalue weighted by Gasteiger charge is -2.11. The Labute approximate surface area is 101 Å². The fourth-order valence-corrected chi connectivity index (χ4v) is 2.07. The van der Waals surface area contributed by atoms with E-state index >= 15 is 0 Å². The largest absolute Gasteiger partial charge is 0.315 e. The Kier molecular flexibility index (Phi) is 5.88. The minimum atomic E-state index is 0.620. The molecule has 0 aliphatic carbocycles. The van der Waals surface area contributed by atoms with Crippen LogP contribution < -0.4 is 5.32 Å².